The average molecular weight is 290 g/mol. The molecule has 0 saturated carbocycles. The minimum atomic E-state index is -0.440. The Morgan fingerprint density at radius 3 is 2.85 bits per heavy atom. The first-order chi connectivity index (χ1) is 9.65. The molecule has 0 unspecified atom stereocenters. The van der Waals surface area contributed by atoms with Gasteiger partial charge >= 0.3 is 5.97 Å². The molecule has 5 heteroatoms. The van der Waals surface area contributed by atoms with E-state index in [1.807, 2.05) is 12.1 Å². The summed E-state index contributed by atoms with van der Waals surface area (Å²) in [5, 5.41) is 0.495. The van der Waals surface area contributed by atoms with Crippen LogP contribution < -0.4 is 0 Å². The molecule has 102 valence electrons. The first kappa shape index (κ1) is 14.1. The van der Waals surface area contributed by atoms with Crippen molar-refractivity contribution in [2.24, 2.45) is 0 Å². The van der Waals surface area contributed by atoms with Gasteiger partial charge in [0.25, 0.3) is 0 Å². The van der Waals surface area contributed by atoms with Crippen LogP contribution in [0.4, 0.5) is 0 Å². The van der Waals surface area contributed by atoms with E-state index < -0.39 is 5.97 Å². The van der Waals surface area contributed by atoms with Crippen molar-refractivity contribution < 1.29 is 14.3 Å². The lowest BCUT2D eigenvalue weighted by Gasteiger charge is -2.09. The van der Waals surface area contributed by atoms with E-state index in [4.69, 9.17) is 11.6 Å². The number of ether oxygens (including phenoxy) is 1. The first-order valence-electron chi connectivity index (χ1n) is 5.84. The fourth-order valence-corrected chi connectivity index (χ4v) is 1.99. The van der Waals surface area contributed by atoms with Gasteiger partial charge in [-0.25, -0.2) is 4.79 Å². The van der Waals surface area contributed by atoms with Crippen molar-refractivity contribution >= 4 is 29.9 Å². The highest BCUT2D eigenvalue weighted by Gasteiger charge is 2.07. The Hall–Kier alpha value is -2.33. The van der Waals surface area contributed by atoms with Crippen molar-refractivity contribution in [2.45, 2.75) is 0 Å². The van der Waals surface area contributed by atoms with Gasteiger partial charge in [-0.15, -0.1) is 0 Å². The van der Waals surface area contributed by atoms with Crippen molar-refractivity contribution in [3.63, 3.8) is 0 Å². The van der Waals surface area contributed by atoms with E-state index in [9.17, 15) is 9.59 Å². The number of nitrogens with zero attached hydrogens (tertiary/aromatic N) is 1. The second kappa shape index (κ2) is 6.21. The lowest BCUT2D eigenvalue weighted by Crippen LogP contribution is -2.00. The molecule has 2 rings (SSSR count). The summed E-state index contributed by atoms with van der Waals surface area (Å²) in [7, 11) is 1.31. The second-order valence-corrected chi connectivity index (χ2v) is 4.42. The topological polar surface area (TPSA) is 48.3 Å². The summed E-state index contributed by atoms with van der Waals surface area (Å²) in [5.74, 6) is -0.440. The molecule has 0 aliphatic heterocycles. The molecular formula is C15H12ClNO3. The number of aldehydes is 1. The van der Waals surface area contributed by atoms with Crippen LogP contribution in [0.2, 0.25) is 5.02 Å². The Balaban J connectivity index is 2.44. The van der Waals surface area contributed by atoms with Crippen LogP contribution in [-0.4, -0.2) is 23.9 Å². The van der Waals surface area contributed by atoms with E-state index in [-0.39, 0.29) is 0 Å². The summed E-state index contributed by atoms with van der Waals surface area (Å²) < 4.78 is 6.34. The molecule has 4 nitrogen and oxygen atoms in total. The molecule has 0 spiro atoms. The van der Waals surface area contributed by atoms with Crippen LogP contribution in [-0.2, 0) is 9.53 Å². The number of carbonyl (C=O) groups is 2. The maximum atomic E-state index is 11.1. The molecule has 0 aliphatic rings. The predicted octanol–water partition coefficient (Wildman–Crippen LogP) is 3.13. The molecule has 20 heavy (non-hydrogen) atoms. The first-order valence-corrected chi connectivity index (χ1v) is 6.22. The van der Waals surface area contributed by atoms with Gasteiger partial charge in [-0.2, -0.15) is 0 Å². The molecule has 0 saturated heterocycles. The fourth-order valence-electron chi connectivity index (χ4n) is 1.81. The van der Waals surface area contributed by atoms with Crippen molar-refractivity contribution in [1.29, 1.82) is 0 Å². The van der Waals surface area contributed by atoms with Crippen LogP contribution in [0.25, 0.3) is 11.8 Å². The molecule has 2 aromatic rings. The summed E-state index contributed by atoms with van der Waals surface area (Å²) in [4.78, 5) is 22.3. The van der Waals surface area contributed by atoms with Gasteiger partial charge in [0.15, 0.2) is 6.29 Å². The number of esters is 1. The SMILES string of the molecule is COC(=O)/C=C/c1cccn1-c1ccc(Cl)cc1C=O. The van der Waals surface area contributed by atoms with Crippen LogP contribution in [0, 0.1) is 0 Å². The molecule has 0 amide bonds. The number of benzene rings is 1. The quantitative estimate of drug-likeness (QED) is 0.493. The summed E-state index contributed by atoms with van der Waals surface area (Å²) in [5.41, 5.74) is 1.92. The van der Waals surface area contributed by atoms with E-state index in [1.165, 1.54) is 13.2 Å². The number of methoxy groups -OCH3 is 1. The van der Waals surface area contributed by atoms with Gasteiger partial charge in [-0.1, -0.05) is 11.6 Å². The Kier molecular flexibility index (Phi) is 4.38. The minimum Gasteiger partial charge on any atom is -0.466 e. The molecule has 0 N–H and O–H groups in total. The molecule has 1 heterocycles. The van der Waals surface area contributed by atoms with Gasteiger partial charge in [0.2, 0.25) is 0 Å². The molecule has 1 aromatic heterocycles. The van der Waals surface area contributed by atoms with Gasteiger partial charge in [-0.05, 0) is 36.4 Å². The van der Waals surface area contributed by atoms with E-state index in [0.717, 1.165) is 12.0 Å². The summed E-state index contributed by atoms with van der Waals surface area (Å²) in [6.45, 7) is 0. The third kappa shape index (κ3) is 2.97. The number of hydrogen-bond acceptors (Lipinski definition) is 3. The predicted molar refractivity (Wildman–Crippen MR) is 77.2 cm³/mol. The van der Waals surface area contributed by atoms with Crippen LogP contribution in [0.15, 0.2) is 42.6 Å². The van der Waals surface area contributed by atoms with Gasteiger partial charge in [0.05, 0.1) is 12.8 Å². The highest BCUT2D eigenvalue weighted by Crippen LogP contribution is 2.21. The number of aromatic nitrogens is 1. The van der Waals surface area contributed by atoms with Crippen LogP contribution >= 0.6 is 11.6 Å². The average Bonchev–Trinajstić information content (AvgIpc) is 2.92. The van der Waals surface area contributed by atoms with Gasteiger partial charge < -0.3 is 9.30 Å². The smallest absolute Gasteiger partial charge is 0.330 e. The Morgan fingerprint density at radius 2 is 2.15 bits per heavy atom. The second-order valence-electron chi connectivity index (χ2n) is 3.98. The number of halogens is 1. The van der Waals surface area contributed by atoms with Crippen LogP contribution in [0.5, 0.6) is 0 Å². The number of carbonyl (C=O) groups excluding carboxylic acids is 2. The van der Waals surface area contributed by atoms with Crippen LogP contribution in [0.1, 0.15) is 16.1 Å². The molecule has 0 aliphatic carbocycles. The Bertz CT molecular complexity index is 674. The van der Waals surface area contributed by atoms with Crippen LogP contribution in [0.3, 0.4) is 0 Å². The molecule has 0 atom stereocenters. The van der Waals surface area contributed by atoms with Crippen molar-refractivity contribution in [3.05, 3.63) is 58.9 Å². The zero-order valence-corrected chi connectivity index (χ0v) is 11.5. The third-order valence-electron chi connectivity index (χ3n) is 2.75. The number of rotatable bonds is 4. The highest BCUT2D eigenvalue weighted by molar-refractivity contribution is 6.30. The molecule has 1 aromatic carbocycles. The van der Waals surface area contributed by atoms with Crippen molar-refractivity contribution in [1.82, 2.24) is 4.57 Å². The monoisotopic (exact) mass is 289 g/mol. The largest absolute Gasteiger partial charge is 0.466 e. The third-order valence-corrected chi connectivity index (χ3v) is 2.98. The maximum Gasteiger partial charge on any atom is 0.330 e. The Labute approximate surface area is 121 Å². The molecule has 0 fully saturated rings. The van der Waals surface area contributed by atoms with Gasteiger partial charge in [0.1, 0.15) is 0 Å². The molecule has 0 bridgehead atoms. The minimum absolute atomic E-state index is 0.440. The zero-order valence-electron chi connectivity index (χ0n) is 10.7. The standard InChI is InChI=1S/C15H12ClNO3/c1-20-15(19)7-5-13-3-2-8-17(13)14-6-4-12(16)9-11(14)10-18/h2-10H,1H3/b7-5+. The summed E-state index contributed by atoms with van der Waals surface area (Å²) in [6.07, 6.45) is 5.49. The van der Waals surface area contributed by atoms with E-state index >= 15 is 0 Å². The van der Waals surface area contributed by atoms with E-state index in [2.05, 4.69) is 4.74 Å². The van der Waals surface area contributed by atoms with Crippen molar-refractivity contribution in [2.75, 3.05) is 7.11 Å². The van der Waals surface area contributed by atoms with Gasteiger partial charge in [0, 0.05) is 28.6 Å². The lowest BCUT2D eigenvalue weighted by atomic mass is 10.2. The maximum absolute atomic E-state index is 11.1. The number of hydrogen-bond donors (Lipinski definition) is 0. The zero-order chi connectivity index (χ0) is 14.5. The van der Waals surface area contributed by atoms with E-state index in [0.29, 0.717) is 16.3 Å². The lowest BCUT2D eigenvalue weighted by molar-refractivity contribution is -0.134. The normalized spacial score (nSPS) is 10.7. The molecular weight excluding hydrogens is 278 g/mol. The Morgan fingerprint density at radius 1 is 1.35 bits per heavy atom. The fraction of sp³-hybridized carbons (Fsp3) is 0.0667. The van der Waals surface area contributed by atoms with Gasteiger partial charge in [-0.3, -0.25) is 4.79 Å². The highest BCUT2D eigenvalue weighted by atomic mass is 35.5. The van der Waals surface area contributed by atoms with Crippen molar-refractivity contribution in [3.8, 4) is 5.69 Å². The van der Waals surface area contributed by atoms with E-state index in [1.54, 1.807) is 35.0 Å². The summed E-state index contributed by atoms with van der Waals surface area (Å²) >= 11 is 5.87. The molecule has 0 radical (unpaired) electrons. The summed E-state index contributed by atoms with van der Waals surface area (Å²) in [6, 6.07) is 8.69.